The van der Waals surface area contributed by atoms with Crippen molar-refractivity contribution in [3.05, 3.63) is 53.1 Å². The largest absolute Gasteiger partial charge is 0.423 e. The van der Waals surface area contributed by atoms with Gasteiger partial charge in [-0.2, -0.15) is 27.9 Å². The molecule has 29 heavy (non-hydrogen) atoms. The normalized spacial score (nSPS) is 13.0. The predicted octanol–water partition coefficient (Wildman–Crippen LogP) is 4.18. The smallest absolute Gasteiger partial charge is 0.417 e. The monoisotopic (exact) mass is 427 g/mol. The third kappa shape index (κ3) is 3.70. The summed E-state index contributed by atoms with van der Waals surface area (Å²) in [7, 11) is 0. The summed E-state index contributed by atoms with van der Waals surface area (Å²) in [6, 6.07) is 1.26. The number of benzene rings is 1. The maximum atomic E-state index is 13.0. The second kappa shape index (κ2) is 6.95. The molecule has 3 aromatic heterocycles. The first-order valence-electron chi connectivity index (χ1n) is 8.04. The van der Waals surface area contributed by atoms with Crippen LogP contribution in [0.2, 0.25) is 5.02 Å². The number of nitrogens with zero attached hydrogens (tertiary/aromatic N) is 6. The summed E-state index contributed by atoms with van der Waals surface area (Å²) in [5, 5.41) is 6.38. The van der Waals surface area contributed by atoms with Crippen molar-refractivity contribution in [2.24, 2.45) is 0 Å². The lowest BCUT2D eigenvalue weighted by atomic mass is 10.2. The van der Waals surface area contributed by atoms with Crippen LogP contribution in [-0.2, 0) is 6.18 Å². The molecule has 1 aromatic carbocycles. The zero-order chi connectivity index (χ0) is 20.8. The number of anilines is 1. The molecule has 0 aliphatic carbocycles. The fourth-order valence-corrected chi connectivity index (χ4v) is 2.85. The van der Waals surface area contributed by atoms with Crippen molar-refractivity contribution in [3.63, 3.8) is 0 Å². The van der Waals surface area contributed by atoms with Crippen LogP contribution in [-0.4, -0.2) is 29.7 Å². The van der Waals surface area contributed by atoms with Gasteiger partial charge in [0.1, 0.15) is 11.8 Å². The molecule has 8 nitrogen and oxygen atoms in total. The molecule has 1 atom stereocenters. The van der Waals surface area contributed by atoms with Crippen LogP contribution in [0, 0.1) is 5.82 Å². The third-order valence-corrected chi connectivity index (χ3v) is 4.19. The van der Waals surface area contributed by atoms with E-state index in [1.807, 2.05) is 0 Å². The zero-order valence-electron chi connectivity index (χ0n) is 14.4. The average molecular weight is 428 g/mol. The second-order valence-corrected chi connectivity index (χ2v) is 6.32. The highest BCUT2D eigenvalue weighted by Crippen LogP contribution is 2.37. The molecular formula is C16H10ClF4N7O. The molecule has 0 aliphatic rings. The molecule has 0 radical (unpaired) electrons. The van der Waals surface area contributed by atoms with E-state index in [2.05, 4.69) is 30.4 Å². The molecule has 4 aromatic rings. The summed E-state index contributed by atoms with van der Waals surface area (Å²) in [5.74, 6) is -0.176. The Morgan fingerprint density at radius 2 is 1.90 bits per heavy atom. The van der Waals surface area contributed by atoms with Crippen molar-refractivity contribution in [1.82, 2.24) is 29.7 Å². The van der Waals surface area contributed by atoms with Gasteiger partial charge in [-0.15, -0.1) is 0 Å². The van der Waals surface area contributed by atoms with Gasteiger partial charge in [-0.05, 0) is 13.0 Å². The molecule has 0 spiro atoms. The lowest BCUT2D eigenvalue weighted by Gasteiger charge is -2.11. The number of hydrogen-bond acceptors (Lipinski definition) is 7. The van der Waals surface area contributed by atoms with Crippen LogP contribution in [0.5, 0.6) is 0 Å². The molecule has 0 aliphatic heterocycles. The first-order valence-corrected chi connectivity index (χ1v) is 8.42. The fraction of sp³-hybridized carbons (Fsp3) is 0.188. The Kier molecular flexibility index (Phi) is 4.57. The molecule has 0 amide bonds. The van der Waals surface area contributed by atoms with E-state index in [-0.39, 0.29) is 23.1 Å². The highest BCUT2D eigenvalue weighted by Gasteiger charge is 2.34. The first kappa shape index (κ1) is 19.1. The van der Waals surface area contributed by atoms with Crippen LogP contribution in [0.25, 0.3) is 17.0 Å². The molecular weight excluding hydrogens is 418 g/mol. The highest BCUT2D eigenvalue weighted by molar-refractivity contribution is 6.32. The van der Waals surface area contributed by atoms with Crippen molar-refractivity contribution in [2.45, 2.75) is 19.1 Å². The van der Waals surface area contributed by atoms with E-state index < -0.39 is 28.6 Å². The molecule has 3 heterocycles. The van der Waals surface area contributed by atoms with Crippen LogP contribution in [0.1, 0.15) is 24.4 Å². The summed E-state index contributed by atoms with van der Waals surface area (Å²) in [4.78, 5) is 15.8. The summed E-state index contributed by atoms with van der Waals surface area (Å²) >= 11 is 5.69. The van der Waals surface area contributed by atoms with Crippen molar-refractivity contribution >= 4 is 28.7 Å². The van der Waals surface area contributed by atoms with Gasteiger partial charge in [0.2, 0.25) is 0 Å². The van der Waals surface area contributed by atoms with Crippen LogP contribution < -0.4 is 5.32 Å². The molecule has 0 fully saturated rings. The SMILES string of the molecule is C[C@H](Nc1nc2cc(C(F)(F)F)c(Cl)cc2o1)c1ncnn1-c1ncc(F)cn1. The highest BCUT2D eigenvalue weighted by atomic mass is 35.5. The average Bonchev–Trinajstić information content (AvgIpc) is 3.27. The minimum absolute atomic E-state index is 0.0141. The Labute approximate surface area is 164 Å². The number of alkyl halides is 3. The fourth-order valence-electron chi connectivity index (χ4n) is 2.59. The Hall–Kier alpha value is -3.28. The van der Waals surface area contributed by atoms with Gasteiger partial charge < -0.3 is 9.73 Å². The standard InChI is InChI=1S/C16H10ClF4N7O/c1-7(13-24-6-25-28(13)14-22-4-8(18)5-23-14)26-15-27-11-2-9(16(19,20)21)10(17)3-12(11)29-15/h2-7H,1H3,(H,26,27)/t7-/m0/s1. The van der Waals surface area contributed by atoms with E-state index in [0.29, 0.717) is 5.82 Å². The van der Waals surface area contributed by atoms with Crippen molar-refractivity contribution in [3.8, 4) is 5.95 Å². The molecule has 13 heteroatoms. The molecule has 0 bridgehead atoms. The van der Waals surface area contributed by atoms with Crippen LogP contribution >= 0.6 is 11.6 Å². The summed E-state index contributed by atoms with van der Waals surface area (Å²) in [6.07, 6.45) is -1.40. The Balaban J connectivity index is 1.62. The molecule has 0 saturated heterocycles. The lowest BCUT2D eigenvalue weighted by molar-refractivity contribution is -0.137. The summed E-state index contributed by atoms with van der Waals surface area (Å²) in [5.41, 5.74) is -0.937. The first-order chi connectivity index (χ1) is 13.7. The summed E-state index contributed by atoms with van der Waals surface area (Å²) in [6.45, 7) is 1.69. The van der Waals surface area contributed by atoms with Crippen LogP contribution in [0.3, 0.4) is 0 Å². The maximum Gasteiger partial charge on any atom is 0.417 e. The van der Waals surface area contributed by atoms with E-state index in [1.165, 1.54) is 11.0 Å². The molecule has 4 rings (SSSR count). The number of fused-ring (bicyclic) bond motifs is 1. The van der Waals surface area contributed by atoms with Crippen LogP contribution in [0.15, 0.2) is 35.3 Å². The minimum atomic E-state index is -4.61. The quantitative estimate of drug-likeness (QED) is 0.488. The minimum Gasteiger partial charge on any atom is -0.423 e. The van der Waals surface area contributed by atoms with Crippen molar-refractivity contribution in [2.75, 3.05) is 5.32 Å². The van der Waals surface area contributed by atoms with E-state index in [1.54, 1.807) is 6.92 Å². The topological polar surface area (TPSA) is 94.6 Å². The van der Waals surface area contributed by atoms with Crippen LogP contribution in [0.4, 0.5) is 23.6 Å². The molecule has 0 saturated carbocycles. The Bertz CT molecular complexity index is 1170. The Morgan fingerprint density at radius 1 is 1.17 bits per heavy atom. The van der Waals surface area contributed by atoms with E-state index >= 15 is 0 Å². The number of halogens is 5. The predicted molar refractivity (Wildman–Crippen MR) is 93.0 cm³/mol. The number of oxazole rings is 1. The molecule has 1 N–H and O–H groups in total. The second-order valence-electron chi connectivity index (χ2n) is 5.91. The van der Waals surface area contributed by atoms with Gasteiger partial charge in [0.25, 0.3) is 12.0 Å². The third-order valence-electron chi connectivity index (χ3n) is 3.88. The number of hydrogen-bond donors (Lipinski definition) is 1. The van der Waals surface area contributed by atoms with E-state index in [4.69, 9.17) is 16.0 Å². The molecule has 150 valence electrons. The Morgan fingerprint density at radius 3 is 2.59 bits per heavy atom. The van der Waals surface area contributed by atoms with Crippen molar-refractivity contribution in [1.29, 1.82) is 0 Å². The number of aromatic nitrogens is 6. The van der Waals surface area contributed by atoms with Gasteiger partial charge >= 0.3 is 6.18 Å². The van der Waals surface area contributed by atoms with E-state index in [9.17, 15) is 17.6 Å². The zero-order valence-corrected chi connectivity index (χ0v) is 15.2. The van der Waals surface area contributed by atoms with Gasteiger partial charge in [-0.25, -0.2) is 19.3 Å². The van der Waals surface area contributed by atoms with Gasteiger partial charge in [0.15, 0.2) is 17.2 Å². The van der Waals surface area contributed by atoms with Gasteiger partial charge in [0, 0.05) is 6.07 Å². The lowest BCUT2D eigenvalue weighted by Crippen LogP contribution is -2.15. The number of rotatable bonds is 4. The van der Waals surface area contributed by atoms with E-state index in [0.717, 1.165) is 24.5 Å². The molecule has 0 unspecified atom stereocenters. The van der Waals surface area contributed by atoms with Crippen molar-refractivity contribution < 1.29 is 22.0 Å². The number of nitrogens with one attached hydrogen (secondary N) is 1. The maximum absolute atomic E-state index is 13.0. The van der Waals surface area contributed by atoms with Gasteiger partial charge in [-0.3, -0.25) is 0 Å². The van der Waals surface area contributed by atoms with Gasteiger partial charge in [-0.1, -0.05) is 11.6 Å². The summed E-state index contributed by atoms with van der Waals surface area (Å²) < 4.78 is 58.7. The van der Waals surface area contributed by atoms with Gasteiger partial charge in [0.05, 0.1) is 29.0 Å².